The van der Waals surface area contributed by atoms with Gasteiger partial charge < -0.3 is 0 Å². The van der Waals surface area contributed by atoms with Crippen molar-refractivity contribution in [3.63, 3.8) is 0 Å². The van der Waals surface area contributed by atoms with Crippen LogP contribution in [0, 0.1) is 0 Å². The van der Waals surface area contributed by atoms with Crippen molar-refractivity contribution < 1.29 is 4.79 Å². The van der Waals surface area contributed by atoms with E-state index in [2.05, 4.69) is 23.2 Å². The zero-order valence-electron chi connectivity index (χ0n) is 14.9. The maximum atomic E-state index is 13.5. The molecule has 3 nitrogen and oxygen atoms in total. The van der Waals surface area contributed by atoms with Crippen LogP contribution < -0.4 is 0 Å². The van der Waals surface area contributed by atoms with Gasteiger partial charge in [-0.05, 0) is 34.5 Å². The Balaban J connectivity index is 1.86. The Bertz CT molecular complexity index is 1420. The van der Waals surface area contributed by atoms with Gasteiger partial charge in [-0.15, -0.1) is 0 Å². The van der Waals surface area contributed by atoms with Gasteiger partial charge in [-0.25, -0.2) is 4.98 Å². The summed E-state index contributed by atoms with van der Waals surface area (Å²) < 4.78 is 0. The van der Waals surface area contributed by atoms with Crippen LogP contribution in [0.2, 0.25) is 0 Å². The molecule has 0 radical (unpaired) electrons. The van der Waals surface area contributed by atoms with E-state index >= 15 is 0 Å². The minimum Gasteiger partial charge on any atom is -0.289 e. The Kier molecular flexibility index (Phi) is 3.03. The summed E-state index contributed by atoms with van der Waals surface area (Å²) >= 11 is 0. The number of fused-ring (bicyclic) bond motifs is 7. The van der Waals surface area contributed by atoms with Gasteiger partial charge in [0, 0.05) is 28.3 Å². The van der Waals surface area contributed by atoms with Gasteiger partial charge in [-0.1, -0.05) is 60.7 Å². The summed E-state index contributed by atoms with van der Waals surface area (Å²) in [6.45, 7) is 0. The van der Waals surface area contributed by atoms with Crippen LogP contribution in [0.1, 0.15) is 15.9 Å². The number of ketones is 1. The van der Waals surface area contributed by atoms with E-state index in [0.717, 1.165) is 55.3 Å². The van der Waals surface area contributed by atoms with Crippen LogP contribution in [0.5, 0.6) is 0 Å². The third kappa shape index (κ3) is 1.96. The van der Waals surface area contributed by atoms with Crippen molar-refractivity contribution in [3.8, 4) is 22.5 Å². The third-order valence-electron chi connectivity index (χ3n) is 5.45. The molecular weight excluding hydrogens is 344 g/mol. The maximum absolute atomic E-state index is 13.5. The second-order valence-corrected chi connectivity index (χ2v) is 6.98. The molecule has 2 aromatic heterocycles. The Labute approximate surface area is 161 Å². The van der Waals surface area contributed by atoms with Gasteiger partial charge in [0.1, 0.15) is 0 Å². The van der Waals surface area contributed by atoms with E-state index in [4.69, 9.17) is 4.98 Å². The Morgan fingerprint density at radius 2 is 1.46 bits per heavy atom. The van der Waals surface area contributed by atoms with Crippen LogP contribution in [0.25, 0.3) is 44.2 Å². The average Bonchev–Trinajstić information content (AvgIpc) is 3.07. The Hall–Kier alpha value is -3.85. The van der Waals surface area contributed by atoms with Gasteiger partial charge in [0.25, 0.3) is 0 Å². The van der Waals surface area contributed by atoms with Crippen LogP contribution >= 0.6 is 0 Å². The van der Waals surface area contributed by atoms with Crippen molar-refractivity contribution in [3.05, 3.63) is 96.2 Å². The van der Waals surface area contributed by atoms with E-state index in [0.29, 0.717) is 0 Å². The highest BCUT2D eigenvalue weighted by atomic mass is 16.1. The molecule has 5 aromatic rings. The van der Waals surface area contributed by atoms with Gasteiger partial charge in [-0.3, -0.25) is 9.78 Å². The fraction of sp³-hybridized carbons (Fsp3) is 0. The molecule has 0 N–H and O–H groups in total. The molecule has 6 rings (SSSR count). The molecule has 0 saturated heterocycles. The second kappa shape index (κ2) is 5.57. The summed E-state index contributed by atoms with van der Waals surface area (Å²) in [7, 11) is 0. The number of aromatic nitrogens is 2. The van der Waals surface area contributed by atoms with Gasteiger partial charge in [0.15, 0.2) is 5.78 Å². The second-order valence-electron chi connectivity index (χ2n) is 6.98. The zero-order valence-corrected chi connectivity index (χ0v) is 14.9. The molecule has 0 spiro atoms. The maximum Gasteiger partial charge on any atom is 0.195 e. The lowest BCUT2D eigenvalue weighted by atomic mass is 9.95. The van der Waals surface area contributed by atoms with E-state index < -0.39 is 0 Å². The van der Waals surface area contributed by atoms with E-state index in [-0.39, 0.29) is 5.78 Å². The molecule has 28 heavy (non-hydrogen) atoms. The predicted octanol–water partition coefficient (Wildman–Crippen LogP) is 5.66. The molecule has 1 aliphatic carbocycles. The van der Waals surface area contributed by atoms with Crippen LogP contribution in [0.4, 0.5) is 0 Å². The highest BCUT2D eigenvalue weighted by Gasteiger charge is 2.33. The van der Waals surface area contributed by atoms with Gasteiger partial charge in [0.05, 0.1) is 16.9 Å². The van der Waals surface area contributed by atoms with Crippen molar-refractivity contribution in [2.45, 2.75) is 0 Å². The van der Waals surface area contributed by atoms with E-state index in [1.165, 1.54) is 0 Å². The number of hydrogen-bond donors (Lipinski definition) is 0. The van der Waals surface area contributed by atoms with Crippen molar-refractivity contribution in [2.24, 2.45) is 0 Å². The number of benzene rings is 3. The first-order valence-electron chi connectivity index (χ1n) is 9.24. The number of carbonyl (C=O) groups excluding carboxylic acids is 1. The SMILES string of the molecule is O=C1c2ccccc2-c2c(-c3ccccn3)nc3ccc4ccccc4c3c21. The van der Waals surface area contributed by atoms with Crippen molar-refractivity contribution in [1.82, 2.24) is 9.97 Å². The normalized spacial score (nSPS) is 12.4. The van der Waals surface area contributed by atoms with Crippen LogP contribution in [0.3, 0.4) is 0 Å². The summed E-state index contributed by atoms with van der Waals surface area (Å²) in [6.07, 6.45) is 1.76. The van der Waals surface area contributed by atoms with E-state index in [9.17, 15) is 4.79 Å². The first kappa shape index (κ1) is 15.2. The predicted molar refractivity (Wildman–Crippen MR) is 111 cm³/mol. The Morgan fingerprint density at radius 1 is 0.679 bits per heavy atom. The minimum absolute atomic E-state index is 0.0616. The summed E-state index contributed by atoms with van der Waals surface area (Å²) in [5, 5.41) is 3.08. The molecule has 0 bridgehead atoms. The van der Waals surface area contributed by atoms with E-state index in [1.54, 1.807) is 6.20 Å². The number of nitrogens with zero attached hydrogens (tertiary/aromatic N) is 2. The molecule has 130 valence electrons. The summed E-state index contributed by atoms with van der Waals surface area (Å²) in [5.74, 6) is 0.0616. The third-order valence-corrected chi connectivity index (χ3v) is 5.45. The van der Waals surface area contributed by atoms with Crippen LogP contribution in [-0.4, -0.2) is 15.8 Å². The molecule has 1 aliphatic rings. The molecule has 0 unspecified atom stereocenters. The fourth-order valence-corrected chi connectivity index (χ4v) is 4.25. The lowest BCUT2D eigenvalue weighted by Gasteiger charge is -2.13. The van der Waals surface area contributed by atoms with Crippen LogP contribution in [-0.2, 0) is 0 Å². The van der Waals surface area contributed by atoms with Crippen LogP contribution in [0.15, 0.2) is 85.1 Å². The van der Waals surface area contributed by atoms with Crippen molar-refractivity contribution in [2.75, 3.05) is 0 Å². The molecule has 3 aromatic carbocycles. The molecular formula is C25H14N2O. The highest BCUT2D eigenvalue weighted by molar-refractivity contribution is 6.31. The molecule has 0 amide bonds. The summed E-state index contributed by atoms with van der Waals surface area (Å²) in [5.41, 5.74) is 5.66. The molecule has 0 aliphatic heterocycles. The number of hydrogen-bond acceptors (Lipinski definition) is 3. The first-order chi connectivity index (χ1) is 13.8. The number of rotatable bonds is 1. The summed E-state index contributed by atoms with van der Waals surface area (Å²) in [6, 6.07) is 25.8. The van der Waals surface area contributed by atoms with E-state index in [1.807, 2.05) is 60.7 Å². The minimum atomic E-state index is 0.0616. The fourth-order valence-electron chi connectivity index (χ4n) is 4.25. The Morgan fingerprint density at radius 3 is 2.32 bits per heavy atom. The van der Waals surface area contributed by atoms with Crippen molar-refractivity contribution in [1.29, 1.82) is 0 Å². The van der Waals surface area contributed by atoms with Gasteiger partial charge in [-0.2, -0.15) is 0 Å². The quantitative estimate of drug-likeness (QED) is 0.356. The van der Waals surface area contributed by atoms with Crippen molar-refractivity contribution >= 4 is 27.5 Å². The molecule has 0 fully saturated rings. The highest BCUT2D eigenvalue weighted by Crippen LogP contribution is 2.46. The average molecular weight is 358 g/mol. The van der Waals surface area contributed by atoms with Gasteiger partial charge >= 0.3 is 0 Å². The molecule has 0 atom stereocenters. The lowest BCUT2D eigenvalue weighted by Crippen LogP contribution is -2.00. The summed E-state index contributed by atoms with van der Waals surface area (Å²) in [4.78, 5) is 23.0. The monoisotopic (exact) mass is 358 g/mol. The topological polar surface area (TPSA) is 42.9 Å². The molecule has 3 heteroatoms. The number of pyridine rings is 2. The standard InChI is InChI=1S/C25H14N2O/c28-25-18-10-4-3-9-17(18)22-23(25)21-16-8-2-1-7-15(16)12-13-19(21)27-24(22)20-11-5-6-14-26-20/h1-14H. The smallest absolute Gasteiger partial charge is 0.195 e. The lowest BCUT2D eigenvalue weighted by molar-refractivity contribution is 0.104. The molecule has 2 heterocycles. The first-order valence-corrected chi connectivity index (χ1v) is 9.24. The molecule has 0 saturated carbocycles. The van der Waals surface area contributed by atoms with Gasteiger partial charge in [0.2, 0.25) is 0 Å². The zero-order chi connectivity index (χ0) is 18.7. The largest absolute Gasteiger partial charge is 0.289 e. The number of carbonyl (C=O) groups is 1.